The maximum atomic E-state index is 12.8. The largest absolute Gasteiger partial charge is 0.480 e. The lowest BCUT2D eigenvalue weighted by molar-refractivity contribution is -0.143. The van der Waals surface area contributed by atoms with Crippen molar-refractivity contribution in [1.82, 2.24) is 10.2 Å². The van der Waals surface area contributed by atoms with Crippen molar-refractivity contribution in [1.29, 1.82) is 0 Å². The van der Waals surface area contributed by atoms with Crippen LogP contribution in [0.1, 0.15) is 19.8 Å². The molecule has 0 saturated carbocycles. The van der Waals surface area contributed by atoms with Gasteiger partial charge in [0.15, 0.2) is 0 Å². The van der Waals surface area contributed by atoms with Crippen LogP contribution in [0.2, 0.25) is 0 Å². The van der Waals surface area contributed by atoms with Crippen molar-refractivity contribution in [2.75, 3.05) is 18.4 Å². The van der Waals surface area contributed by atoms with Gasteiger partial charge in [-0.05, 0) is 37.1 Å². The SMILES string of the molecule is CC[C@@H](C(=O)O)N1CC[C@H](NC(=O)Nc2ccc(F)cc2)C1. The fraction of sp³-hybridized carbons (Fsp3) is 0.467. The fourth-order valence-corrected chi connectivity index (χ4v) is 2.66. The molecule has 1 heterocycles. The number of nitrogens with one attached hydrogen (secondary N) is 2. The van der Waals surface area contributed by atoms with E-state index in [1.54, 1.807) is 0 Å². The van der Waals surface area contributed by atoms with E-state index in [-0.39, 0.29) is 17.9 Å². The van der Waals surface area contributed by atoms with E-state index < -0.39 is 12.0 Å². The van der Waals surface area contributed by atoms with E-state index in [0.717, 1.165) is 0 Å². The van der Waals surface area contributed by atoms with Gasteiger partial charge in [-0.2, -0.15) is 0 Å². The maximum Gasteiger partial charge on any atom is 0.320 e. The monoisotopic (exact) mass is 309 g/mol. The highest BCUT2D eigenvalue weighted by atomic mass is 19.1. The van der Waals surface area contributed by atoms with Gasteiger partial charge in [-0.25, -0.2) is 9.18 Å². The molecule has 6 nitrogen and oxygen atoms in total. The van der Waals surface area contributed by atoms with Crippen LogP contribution in [0, 0.1) is 5.82 Å². The van der Waals surface area contributed by atoms with Crippen LogP contribution in [0.5, 0.6) is 0 Å². The number of benzene rings is 1. The Bertz CT molecular complexity index is 535. The first kappa shape index (κ1) is 16.2. The van der Waals surface area contributed by atoms with E-state index in [9.17, 15) is 14.0 Å². The van der Waals surface area contributed by atoms with Crippen molar-refractivity contribution >= 4 is 17.7 Å². The standard InChI is InChI=1S/C15H20FN3O3/c1-2-13(14(20)21)19-8-7-12(9-19)18-15(22)17-11-5-3-10(16)4-6-11/h3-6,12-13H,2,7-9H2,1H3,(H,20,21)(H2,17,18,22)/t12-,13-/m0/s1. The smallest absolute Gasteiger partial charge is 0.320 e. The highest BCUT2D eigenvalue weighted by Gasteiger charge is 2.31. The molecule has 1 saturated heterocycles. The summed E-state index contributed by atoms with van der Waals surface area (Å²) in [6.07, 6.45) is 1.24. The molecule has 3 N–H and O–H groups in total. The van der Waals surface area contributed by atoms with Crippen LogP contribution in [0.3, 0.4) is 0 Å². The second-order valence-electron chi connectivity index (χ2n) is 5.35. The van der Waals surface area contributed by atoms with Crippen LogP contribution in [-0.2, 0) is 4.79 Å². The second-order valence-corrected chi connectivity index (χ2v) is 5.35. The van der Waals surface area contributed by atoms with E-state index in [4.69, 9.17) is 5.11 Å². The molecular formula is C15H20FN3O3. The molecule has 1 aromatic carbocycles. The van der Waals surface area contributed by atoms with Gasteiger partial charge in [-0.15, -0.1) is 0 Å². The van der Waals surface area contributed by atoms with Crippen molar-refractivity contribution in [3.63, 3.8) is 0 Å². The van der Waals surface area contributed by atoms with Gasteiger partial charge < -0.3 is 15.7 Å². The van der Waals surface area contributed by atoms with E-state index in [2.05, 4.69) is 10.6 Å². The molecule has 22 heavy (non-hydrogen) atoms. The predicted octanol–water partition coefficient (Wildman–Crippen LogP) is 1.88. The summed E-state index contributed by atoms with van der Waals surface area (Å²) in [7, 11) is 0. The summed E-state index contributed by atoms with van der Waals surface area (Å²) in [5.41, 5.74) is 0.505. The minimum absolute atomic E-state index is 0.0890. The summed E-state index contributed by atoms with van der Waals surface area (Å²) >= 11 is 0. The Balaban J connectivity index is 1.83. The molecule has 0 aromatic heterocycles. The summed E-state index contributed by atoms with van der Waals surface area (Å²) in [5, 5.41) is 14.6. The van der Waals surface area contributed by atoms with Crippen LogP contribution >= 0.6 is 0 Å². The van der Waals surface area contributed by atoms with Crippen molar-refractivity contribution in [2.24, 2.45) is 0 Å². The van der Waals surface area contributed by atoms with E-state index in [1.807, 2.05) is 11.8 Å². The minimum atomic E-state index is -0.834. The number of anilines is 1. The van der Waals surface area contributed by atoms with E-state index in [0.29, 0.717) is 31.6 Å². The maximum absolute atomic E-state index is 12.8. The lowest BCUT2D eigenvalue weighted by Crippen LogP contribution is -2.43. The Labute approximate surface area is 128 Å². The molecule has 1 aromatic rings. The van der Waals surface area contributed by atoms with Gasteiger partial charge in [0.1, 0.15) is 11.9 Å². The van der Waals surface area contributed by atoms with Crippen LogP contribution in [0.4, 0.5) is 14.9 Å². The van der Waals surface area contributed by atoms with Crippen LogP contribution in [0.25, 0.3) is 0 Å². The summed E-state index contributed by atoms with van der Waals surface area (Å²) in [6, 6.07) is 4.53. The molecule has 2 atom stereocenters. The number of halogens is 1. The lowest BCUT2D eigenvalue weighted by atomic mass is 10.2. The predicted molar refractivity (Wildman–Crippen MR) is 80.2 cm³/mol. The molecule has 0 aliphatic carbocycles. The Hall–Kier alpha value is -2.15. The molecule has 0 unspecified atom stereocenters. The van der Waals surface area contributed by atoms with Crippen molar-refractivity contribution < 1.29 is 19.1 Å². The van der Waals surface area contributed by atoms with Gasteiger partial charge >= 0.3 is 12.0 Å². The first-order chi connectivity index (χ1) is 10.5. The molecule has 120 valence electrons. The molecule has 2 amide bonds. The summed E-state index contributed by atoms with van der Waals surface area (Å²) in [5.74, 6) is -1.20. The number of nitrogens with zero attached hydrogens (tertiary/aromatic N) is 1. The zero-order valence-corrected chi connectivity index (χ0v) is 12.4. The number of carbonyl (C=O) groups is 2. The number of hydrogen-bond donors (Lipinski definition) is 3. The molecule has 7 heteroatoms. The fourth-order valence-electron chi connectivity index (χ4n) is 2.66. The summed E-state index contributed by atoms with van der Waals surface area (Å²) in [6.45, 7) is 2.99. The quantitative estimate of drug-likeness (QED) is 0.776. The molecule has 1 aliphatic heterocycles. The number of aliphatic carboxylic acids is 1. The molecule has 2 rings (SSSR count). The molecular weight excluding hydrogens is 289 g/mol. The van der Waals surface area contributed by atoms with Crippen molar-refractivity contribution in [3.8, 4) is 0 Å². The van der Waals surface area contributed by atoms with Gasteiger partial charge in [-0.1, -0.05) is 6.92 Å². The number of carboxylic acid groups (broad SMARTS) is 1. The van der Waals surface area contributed by atoms with Gasteiger partial charge in [0.05, 0.1) is 0 Å². The Kier molecular flexibility index (Phi) is 5.32. The number of carboxylic acids is 1. The van der Waals surface area contributed by atoms with Crippen LogP contribution in [-0.4, -0.2) is 47.2 Å². The topological polar surface area (TPSA) is 81.7 Å². The third-order valence-corrected chi connectivity index (χ3v) is 3.77. The Morgan fingerprint density at radius 1 is 1.41 bits per heavy atom. The number of carbonyl (C=O) groups excluding carboxylic acids is 1. The zero-order valence-electron chi connectivity index (χ0n) is 12.4. The Morgan fingerprint density at radius 3 is 2.68 bits per heavy atom. The number of urea groups is 1. The van der Waals surface area contributed by atoms with E-state index in [1.165, 1.54) is 24.3 Å². The zero-order chi connectivity index (χ0) is 16.1. The van der Waals surface area contributed by atoms with Crippen LogP contribution in [0.15, 0.2) is 24.3 Å². The average molecular weight is 309 g/mol. The molecule has 0 bridgehead atoms. The third-order valence-electron chi connectivity index (χ3n) is 3.77. The van der Waals surface area contributed by atoms with E-state index >= 15 is 0 Å². The second kappa shape index (κ2) is 7.22. The highest BCUT2D eigenvalue weighted by Crippen LogP contribution is 2.15. The summed E-state index contributed by atoms with van der Waals surface area (Å²) in [4.78, 5) is 24.9. The summed E-state index contributed by atoms with van der Waals surface area (Å²) < 4.78 is 12.8. The highest BCUT2D eigenvalue weighted by molar-refractivity contribution is 5.89. The van der Waals surface area contributed by atoms with Gasteiger partial charge in [-0.3, -0.25) is 9.69 Å². The van der Waals surface area contributed by atoms with Crippen molar-refractivity contribution in [3.05, 3.63) is 30.1 Å². The van der Waals surface area contributed by atoms with Crippen LogP contribution < -0.4 is 10.6 Å². The number of likely N-dealkylation sites (tertiary alicyclic amines) is 1. The first-order valence-corrected chi connectivity index (χ1v) is 7.29. The van der Waals surface area contributed by atoms with Gasteiger partial charge in [0, 0.05) is 24.8 Å². The molecule has 0 radical (unpaired) electrons. The number of amides is 2. The van der Waals surface area contributed by atoms with Gasteiger partial charge in [0.25, 0.3) is 0 Å². The molecule has 1 fully saturated rings. The lowest BCUT2D eigenvalue weighted by Gasteiger charge is -2.23. The molecule has 0 spiro atoms. The number of hydrogen-bond acceptors (Lipinski definition) is 3. The Morgan fingerprint density at radius 2 is 2.09 bits per heavy atom. The average Bonchev–Trinajstić information content (AvgIpc) is 2.90. The first-order valence-electron chi connectivity index (χ1n) is 7.29. The third kappa shape index (κ3) is 4.17. The normalized spacial score (nSPS) is 19.6. The van der Waals surface area contributed by atoms with Crippen molar-refractivity contribution in [2.45, 2.75) is 31.8 Å². The minimum Gasteiger partial charge on any atom is -0.480 e. The number of rotatable bonds is 5. The van der Waals surface area contributed by atoms with Gasteiger partial charge in [0.2, 0.25) is 0 Å². The molecule has 1 aliphatic rings.